The van der Waals surface area contributed by atoms with Crippen molar-refractivity contribution in [1.29, 1.82) is 0 Å². The van der Waals surface area contributed by atoms with E-state index in [2.05, 4.69) is 31.9 Å². The molecular weight excluding hydrogens is 424 g/mol. The number of nitrogens with zero attached hydrogens (tertiary/aromatic N) is 4. The smallest absolute Gasteiger partial charge is 0.340 e. The molecule has 6 heteroatoms. The molecule has 0 atom stereocenters. The number of aromatic nitrogens is 2. The molecule has 0 unspecified atom stereocenters. The molecule has 3 aromatic heterocycles. The molecule has 0 saturated heterocycles. The predicted molar refractivity (Wildman–Crippen MR) is 133 cm³/mol. The summed E-state index contributed by atoms with van der Waals surface area (Å²) < 4.78 is 6.02. The predicted octanol–water partition coefficient (Wildman–Crippen LogP) is 4.48. The number of hydrogen-bond donors (Lipinski definition) is 0. The van der Waals surface area contributed by atoms with Crippen LogP contribution in [0.1, 0.15) is 40.9 Å². The summed E-state index contributed by atoms with van der Waals surface area (Å²) >= 11 is 0. The van der Waals surface area contributed by atoms with Gasteiger partial charge in [-0.3, -0.25) is 14.9 Å². The van der Waals surface area contributed by atoms with Gasteiger partial charge in [-0.15, -0.1) is 0 Å². The summed E-state index contributed by atoms with van der Waals surface area (Å²) in [5.41, 5.74) is 7.07. The van der Waals surface area contributed by atoms with Crippen LogP contribution >= 0.6 is 0 Å². The first-order valence-corrected chi connectivity index (χ1v) is 12.1. The molecule has 2 aliphatic rings. The second-order valence-electron chi connectivity index (χ2n) is 9.32. The van der Waals surface area contributed by atoms with Crippen molar-refractivity contribution in [2.45, 2.75) is 45.3 Å². The van der Waals surface area contributed by atoms with Crippen LogP contribution in [0.2, 0.25) is 0 Å². The third kappa shape index (κ3) is 4.10. The van der Waals surface area contributed by atoms with E-state index in [0.29, 0.717) is 25.2 Å². The van der Waals surface area contributed by atoms with Crippen LogP contribution in [-0.4, -0.2) is 28.0 Å². The molecule has 0 bridgehead atoms. The van der Waals surface area contributed by atoms with Crippen LogP contribution in [0.25, 0.3) is 11.0 Å². The van der Waals surface area contributed by atoms with Crippen LogP contribution in [0.3, 0.4) is 0 Å². The van der Waals surface area contributed by atoms with Gasteiger partial charge < -0.3 is 9.32 Å². The third-order valence-corrected chi connectivity index (χ3v) is 6.91. The molecule has 0 saturated carbocycles. The van der Waals surface area contributed by atoms with Gasteiger partial charge in [0, 0.05) is 61.8 Å². The molecule has 1 aromatic carbocycles. The number of rotatable bonds is 6. The van der Waals surface area contributed by atoms with E-state index in [1.165, 1.54) is 23.2 Å². The summed E-state index contributed by atoms with van der Waals surface area (Å²) in [6, 6.07) is 16.1. The lowest BCUT2D eigenvalue weighted by molar-refractivity contribution is 0.238. The maximum absolute atomic E-state index is 13.2. The van der Waals surface area contributed by atoms with Crippen molar-refractivity contribution in [1.82, 2.24) is 14.9 Å². The van der Waals surface area contributed by atoms with E-state index in [1.807, 2.05) is 36.4 Å². The van der Waals surface area contributed by atoms with E-state index < -0.39 is 0 Å². The average Bonchev–Trinajstić information content (AvgIpc) is 2.87. The van der Waals surface area contributed by atoms with Gasteiger partial charge >= 0.3 is 5.63 Å². The first kappa shape index (κ1) is 21.1. The fraction of sp³-hybridized carbons (Fsp3) is 0.321. The first-order valence-electron chi connectivity index (χ1n) is 12.1. The Bertz CT molecular complexity index is 1320. The van der Waals surface area contributed by atoms with Gasteiger partial charge in [-0.05, 0) is 67.6 Å². The Balaban J connectivity index is 1.37. The molecule has 4 aromatic rings. The molecule has 0 aliphatic carbocycles. The molecule has 6 rings (SSSR count). The molecule has 2 aliphatic heterocycles. The lowest BCUT2D eigenvalue weighted by atomic mass is 9.90. The number of fused-ring (bicyclic) bond motifs is 2. The minimum absolute atomic E-state index is 0.247. The normalized spacial score (nSPS) is 15.0. The molecule has 0 amide bonds. The van der Waals surface area contributed by atoms with E-state index in [9.17, 15) is 4.79 Å². The number of pyridine rings is 2. The molecule has 0 fully saturated rings. The summed E-state index contributed by atoms with van der Waals surface area (Å²) in [7, 11) is 0. The Kier molecular flexibility index (Phi) is 5.59. The summed E-state index contributed by atoms with van der Waals surface area (Å²) in [4.78, 5) is 26.8. The van der Waals surface area contributed by atoms with E-state index in [4.69, 9.17) is 4.42 Å². The van der Waals surface area contributed by atoms with Crippen LogP contribution in [0.15, 0.2) is 70.1 Å². The monoisotopic (exact) mass is 452 g/mol. The zero-order valence-corrected chi connectivity index (χ0v) is 19.2. The minimum Gasteiger partial charge on any atom is -0.422 e. The Morgan fingerprint density at radius 1 is 0.882 bits per heavy atom. The highest BCUT2D eigenvalue weighted by Crippen LogP contribution is 2.39. The summed E-state index contributed by atoms with van der Waals surface area (Å²) in [5, 5.41) is 1.04. The van der Waals surface area contributed by atoms with Gasteiger partial charge in [0.2, 0.25) is 0 Å². The first-order chi connectivity index (χ1) is 16.7. The zero-order chi connectivity index (χ0) is 22.9. The SMILES string of the molecule is O=c1oc2c3c4c(cc2cc1CN(Cc1ccccn1)Cc1ccccn1)CCCN4CCC3. The van der Waals surface area contributed by atoms with Crippen LogP contribution in [0.5, 0.6) is 0 Å². The lowest BCUT2D eigenvalue weighted by Gasteiger charge is -2.37. The van der Waals surface area contributed by atoms with E-state index >= 15 is 0 Å². The molecular formula is C28H28N4O2. The zero-order valence-electron chi connectivity index (χ0n) is 19.2. The molecule has 5 heterocycles. The summed E-state index contributed by atoms with van der Waals surface area (Å²) in [5.74, 6) is 0. The van der Waals surface area contributed by atoms with Crippen LogP contribution in [0, 0.1) is 0 Å². The van der Waals surface area contributed by atoms with Gasteiger partial charge in [0.25, 0.3) is 0 Å². The van der Waals surface area contributed by atoms with Crippen LogP contribution in [0.4, 0.5) is 5.69 Å². The van der Waals surface area contributed by atoms with Gasteiger partial charge in [0.15, 0.2) is 0 Å². The third-order valence-electron chi connectivity index (χ3n) is 6.91. The van der Waals surface area contributed by atoms with Crippen molar-refractivity contribution >= 4 is 16.7 Å². The quantitative estimate of drug-likeness (QED) is 0.402. The average molecular weight is 453 g/mol. The van der Waals surface area contributed by atoms with Gasteiger partial charge in [-0.2, -0.15) is 0 Å². The van der Waals surface area contributed by atoms with E-state index in [1.54, 1.807) is 12.4 Å². The Morgan fingerprint density at radius 3 is 2.26 bits per heavy atom. The Morgan fingerprint density at radius 2 is 1.59 bits per heavy atom. The van der Waals surface area contributed by atoms with Crippen molar-refractivity contribution in [2.75, 3.05) is 18.0 Å². The molecule has 0 radical (unpaired) electrons. The van der Waals surface area contributed by atoms with Crippen molar-refractivity contribution in [3.63, 3.8) is 0 Å². The topological polar surface area (TPSA) is 62.5 Å². The van der Waals surface area contributed by atoms with E-state index in [0.717, 1.165) is 54.7 Å². The van der Waals surface area contributed by atoms with Gasteiger partial charge in [0.05, 0.1) is 17.0 Å². The molecule has 0 N–H and O–H groups in total. The van der Waals surface area contributed by atoms with Gasteiger partial charge in [-0.25, -0.2) is 4.79 Å². The van der Waals surface area contributed by atoms with Crippen LogP contribution < -0.4 is 10.5 Å². The largest absolute Gasteiger partial charge is 0.422 e. The molecule has 172 valence electrons. The summed E-state index contributed by atoms with van der Waals surface area (Å²) in [6.07, 6.45) is 7.97. The molecule has 0 spiro atoms. The minimum atomic E-state index is -0.247. The maximum atomic E-state index is 13.2. The highest BCUT2D eigenvalue weighted by molar-refractivity contribution is 5.88. The number of benzene rings is 1. The number of aryl methyl sites for hydroxylation is 2. The van der Waals surface area contributed by atoms with Crippen molar-refractivity contribution in [3.8, 4) is 0 Å². The number of anilines is 1. The summed E-state index contributed by atoms with van der Waals surface area (Å²) in [6.45, 7) is 3.93. The maximum Gasteiger partial charge on any atom is 0.340 e. The van der Waals surface area contributed by atoms with Gasteiger partial charge in [0.1, 0.15) is 5.58 Å². The lowest BCUT2D eigenvalue weighted by Crippen LogP contribution is -2.34. The van der Waals surface area contributed by atoms with E-state index in [-0.39, 0.29) is 5.63 Å². The second kappa shape index (κ2) is 9.03. The standard InChI is InChI=1S/C28H28N4O2/c33-28-22(17-31(18-23-8-1-3-11-29-23)19-24-9-2-4-12-30-24)16-21-15-20-7-5-13-32-14-6-10-25(26(20)32)27(21)34-28/h1-4,8-9,11-12,15-16H,5-7,10,13-14,17-19H2. The molecule has 6 nitrogen and oxygen atoms in total. The second-order valence-corrected chi connectivity index (χ2v) is 9.32. The van der Waals surface area contributed by atoms with Gasteiger partial charge in [-0.1, -0.05) is 12.1 Å². The van der Waals surface area contributed by atoms with Crippen molar-refractivity contribution < 1.29 is 4.42 Å². The highest BCUT2D eigenvalue weighted by atomic mass is 16.4. The fourth-order valence-electron chi connectivity index (χ4n) is 5.45. The Hall–Kier alpha value is -3.51. The number of hydrogen-bond acceptors (Lipinski definition) is 6. The highest BCUT2D eigenvalue weighted by Gasteiger charge is 2.27. The van der Waals surface area contributed by atoms with Crippen molar-refractivity contribution in [3.05, 3.63) is 99.4 Å². The Labute approximate surface area is 198 Å². The fourth-order valence-corrected chi connectivity index (χ4v) is 5.45. The molecule has 34 heavy (non-hydrogen) atoms. The van der Waals surface area contributed by atoms with Crippen molar-refractivity contribution in [2.24, 2.45) is 0 Å². The van der Waals surface area contributed by atoms with Crippen LogP contribution in [-0.2, 0) is 32.5 Å².